The molecule has 1 aromatic heterocycles. The first-order valence-electron chi connectivity index (χ1n) is 7.17. The highest BCUT2D eigenvalue weighted by atomic mass is 35.5. The smallest absolute Gasteiger partial charge is 0.244 e. The second kappa shape index (κ2) is 6.08. The van der Waals surface area contributed by atoms with Gasteiger partial charge in [0, 0.05) is 31.0 Å². The zero-order valence-electron chi connectivity index (χ0n) is 12.3. The van der Waals surface area contributed by atoms with Crippen LogP contribution in [0.2, 0.25) is 0 Å². The molecule has 1 saturated heterocycles. The van der Waals surface area contributed by atoms with Crippen molar-refractivity contribution in [3.05, 3.63) is 18.0 Å². The molecule has 6 heteroatoms. The summed E-state index contributed by atoms with van der Waals surface area (Å²) in [5, 5.41) is 0. The molecule has 2 heterocycles. The molecule has 20 heavy (non-hydrogen) atoms. The third-order valence-electron chi connectivity index (χ3n) is 4.12. The molecule has 0 amide bonds. The topological polar surface area (TPSA) is 42.3 Å². The van der Waals surface area contributed by atoms with E-state index >= 15 is 0 Å². The molecule has 1 fully saturated rings. The number of hydrogen-bond donors (Lipinski definition) is 0. The van der Waals surface area contributed by atoms with E-state index in [2.05, 4.69) is 6.92 Å². The van der Waals surface area contributed by atoms with Crippen molar-refractivity contribution in [2.45, 2.75) is 57.0 Å². The summed E-state index contributed by atoms with van der Waals surface area (Å²) in [5.41, 5.74) is 0.853. The molecule has 1 aliphatic rings. The first-order valence-corrected chi connectivity index (χ1v) is 9.14. The minimum Gasteiger partial charge on any atom is -0.349 e. The van der Waals surface area contributed by atoms with Crippen molar-refractivity contribution in [3.63, 3.8) is 0 Å². The minimum atomic E-state index is -3.40. The average Bonchev–Trinajstić information content (AvgIpc) is 2.82. The van der Waals surface area contributed by atoms with Crippen molar-refractivity contribution in [2.75, 3.05) is 6.54 Å². The number of alkyl halides is 1. The lowest BCUT2D eigenvalue weighted by Crippen LogP contribution is -2.43. The van der Waals surface area contributed by atoms with Gasteiger partial charge in [0.15, 0.2) is 0 Å². The molecule has 0 radical (unpaired) electrons. The van der Waals surface area contributed by atoms with Crippen LogP contribution in [0.5, 0.6) is 0 Å². The van der Waals surface area contributed by atoms with Gasteiger partial charge in [0.2, 0.25) is 10.0 Å². The lowest BCUT2D eigenvalue weighted by atomic mass is 9.95. The van der Waals surface area contributed by atoms with Gasteiger partial charge < -0.3 is 4.57 Å². The molecule has 0 aliphatic carbocycles. The molecule has 2 atom stereocenters. The highest BCUT2D eigenvalue weighted by Crippen LogP contribution is 2.29. The Morgan fingerprint density at radius 2 is 2.10 bits per heavy atom. The summed E-state index contributed by atoms with van der Waals surface area (Å²) in [7, 11) is -3.40. The zero-order chi connectivity index (χ0) is 14.9. The van der Waals surface area contributed by atoms with Crippen molar-refractivity contribution in [1.29, 1.82) is 0 Å². The van der Waals surface area contributed by atoms with Crippen LogP contribution in [-0.4, -0.2) is 29.9 Å². The molecular weight excluding hydrogens is 296 g/mol. The van der Waals surface area contributed by atoms with Gasteiger partial charge in [0.05, 0.1) is 5.88 Å². The number of aryl methyl sites for hydroxylation is 1. The summed E-state index contributed by atoms with van der Waals surface area (Å²) in [4.78, 5) is 0.372. The third kappa shape index (κ3) is 2.90. The Labute approximate surface area is 126 Å². The molecule has 0 N–H and O–H groups in total. The van der Waals surface area contributed by atoms with Crippen LogP contribution in [0, 0.1) is 5.92 Å². The van der Waals surface area contributed by atoms with Crippen molar-refractivity contribution >= 4 is 21.6 Å². The highest BCUT2D eigenvalue weighted by molar-refractivity contribution is 7.89. The van der Waals surface area contributed by atoms with Gasteiger partial charge in [-0.2, -0.15) is 4.31 Å². The number of nitrogens with zero attached hydrogens (tertiary/aromatic N) is 2. The largest absolute Gasteiger partial charge is 0.349 e. The van der Waals surface area contributed by atoms with Crippen LogP contribution in [0.25, 0.3) is 0 Å². The maximum atomic E-state index is 12.8. The van der Waals surface area contributed by atoms with Gasteiger partial charge in [-0.3, -0.25) is 0 Å². The Bertz CT molecular complexity index is 546. The minimum absolute atomic E-state index is 0.0631. The van der Waals surface area contributed by atoms with Crippen molar-refractivity contribution in [2.24, 2.45) is 5.92 Å². The van der Waals surface area contributed by atoms with Crippen LogP contribution in [0.1, 0.15) is 39.3 Å². The van der Waals surface area contributed by atoms with Crippen LogP contribution >= 0.6 is 11.6 Å². The molecule has 4 nitrogen and oxygen atoms in total. The molecule has 1 aliphatic heterocycles. The lowest BCUT2D eigenvalue weighted by Gasteiger charge is -2.35. The quantitative estimate of drug-likeness (QED) is 0.801. The SMILES string of the molecule is CCn1cc(S(=O)(=O)N2CCC(C)CC2C)cc1CCl. The zero-order valence-corrected chi connectivity index (χ0v) is 13.9. The fourth-order valence-electron chi connectivity index (χ4n) is 2.95. The summed E-state index contributed by atoms with van der Waals surface area (Å²) < 4.78 is 29.1. The fraction of sp³-hybridized carbons (Fsp3) is 0.714. The van der Waals surface area contributed by atoms with Crippen LogP contribution < -0.4 is 0 Å². The van der Waals surface area contributed by atoms with Gasteiger partial charge >= 0.3 is 0 Å². The number of hydrogen-bond acceptors (Lipinski definition) is 2. The Morgan fingerprint density at radius 3 is 2.60 bits per heavy atom. The predicted molar refractivity (Wildman–Crippen MR) is 81.4 cm³/mol. The standard InChI is InChI=1S/C14H23ClN2O2S/c1-4-16-10-14(8-13(16)9-15)20(18,19)17-6-5-11(2)7-12(17)3/h8,10-12H,4-7,9H2,1-3H3. The molecule has 0 aromatic carbocycles. The van der Waals surface area contributed by atoms with E-state index in [-0.39, 0.29) is 6.04 Å². The van der Waals surface area contributed by atoms with Crippen molar-refractivity contribution < 1.29 is 8.42 Å². The van der Waals surface area contributed by atoms with E-state index in [1.807, 2.05) is 18.4 Å². The molecule has 2 unspecified atom stereocenters. The Kier molecular flexibility index (Phi) is 4.82. The van der Waals surface area contributed by atoms with Gasteiger partial charge in [-0.05, 0) is 38.7 Å². The summed E-state index contributed by atoms with van der Waals surface area (Å²) in [6, 6.07) is 1.77. The number of sulfonamides is 1. The van der Waals surface area contributed by atoms with Gasteiger partial charge in [0.25, 0.3) is 0 Å². The lowest BCUT2D eigenvalue weighted by molar-refractivity contribution is 0.220. The van der Waals surface area contributed by atoms with E-state index < -0.39 is 10.0 Å². The van der Waals surface area contributed by atoms with Crippen molar-refractivity contribution in [3.8, 4) is 0 Å². The number of halogens is 1. The molecule has 1 aromatic rings. The van der Waals surface area contributed by atoms with Crippen LogP contribution in [0.4, 0.5) is 0 Å². The molecule has 0 spiro atoms. The summed E-state index contributed by atoms with van der Waals surface area (Å²) in [6.45, 7) is 7.49. The fourth-order valence-corrected chi connectivity index (χ4v) is 4.90. The second-order valence-corrected chi connectivity index (χ2v) is 7.84. The second-order valence-electron chi connectivity index (χ2n) is 5.68. The Hall–Kier alpha value is -0.520. The number of piperidine rings is 1. The Balaban J connectivity index is 2.32. The predicted octanol–water partition coefficient (Wildman–Crippen LogP) is 3.06. The first-order chi connectivity index (χ1) is 9.40. The molecule has 114 valence electrons. The van der Waals surface area contributed by atoms with Gasteiger partial charge in [0.1, 0.15) is 4.90 Å². The normalized spacial score (nSPS) is 25.0. The van der Waals surface area contributed by atoms with E-state index in [1.54, 1.807) is 16.6 Å². The van der Waals surface area contributed by atoms with E-state index in [9.17, 15) is 8.42 Å². The van der Waals surface area contributed by atoms with E-state index in [1.165, 1.54) is 0 Å². The highest BCUT2D eigenvalue weighted by Gasteiger charge is 2.34. The summed E-state index contributed by atoms with van der Waals surface area (Å²) in [5.74, 6) is 0.922. The third-order valence-corrected chi connectivity index (χ3v) is 6.38. The average molecular weight is 319 g/mol. The Morgan fingerprint density at radius 1 is 1.40 bits per heavy atom. The number of aromatic nitrogens is 1. The van der Waals surface area contributed by atoms with Crippen molar-refractivity contribution in [1.82, 2.24) is 8.87 Å². The van der Waals surface area contributed by atoms with Crippen LogP contribution in [-0.2, 0) is 22.4 Å². The molecular formula is C14H23ClN2O2S. The maximum absolute atomic E-state index is 12.8. The first kappa shape index (κ1) is 15.9. The summed E-state index contributed by atoms with van der Waals surface area (Å²) in [6.07, 6.45) is 3.56. The maximum Gasteiger partial charge on any atom is 0.244 e. The van der Waals surface area contributed by atoms with Gasteiger partial charge in [-0.1, -0.05) is 6.92 Å². The molecule has 0 saturated carbocycles. The van der Waals surface area contributed by atoms with Gasteiger partial charge in [-0.15, -0.1) is 11.6 Å². The van der Waals surface area contributed by atoms with E-state index in [0.717, 1.165) is 25.1 Å². The summed E-state index contributed by atoms with van der Waals surface area (Å²) >= 11 is 5.88. The molecule has 0 bridgehead atoms. The van der Waals surface area contributed by atoms with Gasteiger partial charge in [-0.25, -0.2) is 8.42 Å². The monoisotopic (exact) mass is 318 g/mol. The van der Waals surface area contributed by atoms with E-state index in [4.69, 9.17) is 11.6 Å². The molecule has 2 rings (SSSR count). The van der Waals surface area contributed by atoms with Crippen LogP contribution in [0.15, 0.2) is 17.2 Å². The van der Waals surface area contributed by atoms with E-state index in [0.29, 0.717) is 23.2 Å². The number of rotatable bonds is 4. The van der Waals surface area contributed by atoms with Crippen LogP contribution in [0.3, 0.4) is 0 Å².